The number of nitrogen functional groups attached to an aromatic ring is 1. The van der Waals surface area contributed by atoms with Crippen molar-refractivity contribution in [3.63, 3.8) is 0 Å². The van der Waals surface area contributed by atoms with E-state index in [1.807, 2.05) is 37.3 Å². The number of nitro benzene ring substituents is 1. The summed E-state index contributed by atoms with van der Waals surface area (Å²) in [5.41, 5.74) is 8.30. The molecule has 12 heteroatoms. The maximum atomic E-state index is 13.1. The first-order valence-electron chi connectivity index (χ1n) is 10.3. The van der Waals surface area contributed by atoms with E-state index in [9.17, 15) is 14.9 Å². The van der Waals surface area contributed by atoms with Crippen molar-refractivity contribution < 1.29 is 9.72 Å². The summed E-state index contributed by atoms with van der Waals surface area (Å²) in [5.74, 6) is 0.528. The van der Waals surface area contributed by atoms with E-state index in [1.165, 1.54) is 35.2 Å². The van der Waals surface area contributed by atoms with Gasteiger partial charge in [-0.1, -0.05) is 61.2 Å². The number of hydrogen-bond acceptors (Lipinski definition) is 9. The van der Waals surface area contributed by atoms with Crippen LogP contribution in [0, 0.1) is 10.1 Å². The van der Waals surface area contributed by atoms with Crippen molar-refractivity contribution in [2.75, 3.05) is 11.1 Å². The lowest BCUT2D eigenvalue weighted by Gasteiger charge is -2.18. The molecule has 1 unspecified atom stereocenters. The second kappa shape index (κ2) is 10.4. The summed E-state index contributed by atoms with van der Waals surface area (Å²) in [6.45, 7) is 1.88. The summed E-state index contributed by atoms with van der Waals surface area (Å²) in [6.07, 6.45) is 0.468. The number of nitro groups is 1. The van der Waals surface area contributed by atoms with Gasteiger partial charge in [-0.05, 0) is 12.0 Å². The number of hydrogen-bond donors (Lipinski definition) is 2. The highest BCUT2D eigenvalue weighted by Gasteiger charge is 2.26. The van der Waals surface area contributed by atoms with E-state index in [0.717, 1.165) is 5.56 Å². The monoisotopic (exact) mass is 495 g/mol. The van der Waals surface area contributed by atoms with Crippen LogP contribution in [0.15, 0.2) is 65.1 Å². The third-order valence-electron chi connectivity index (χ3n) is 4.99. The number of nitrogens with zero attached hydrogens (tertiary/aromatic N) is 5. The minimum atomic E-state index is -0.626. The predicted molar refractivity (Wildman–Crippen MR) is 133 cm³/mol. The number of benzene rings is 2. The summed E-state index contributed by atoms with van der Waals surface area (Å²) >= 11 is 2.69. The minimum absolute atomic E-state index is 0.0225. The third kappa shape index (κ3) is 5.24. The molecule has 2 aromatic carbocycles. The predicted octanol–water partition coefficient (Wildman–Crippen LogP) is 4.77. The zero-order valence-corrected chi connectivity index (χ0v) is 19.8. The number of carbonyl (C=O) groups is 1. The number of thioether (sulfide) groups is 1. The van der Waals surface area contributed by atoms with Crippen molar-refractivity contribution in [3.8, 4) is 11.3 Å². The van der Waals surface area contributed by atoms with Crippen LogP contribution in [0.3, 0.4) is 0 Å². The Labute approximate surface area is 203 Å². The van der Waals surface area contributed by atoms with Gasteiger partial charge in [0.25, 0.3) is 5.69 Å². The highest BCUT2D eigenvalue weighted by atomic mass is 32.2. The first kappa shape index (κ1) is 23.4. The Morgan fingerprint density at radius 2 is 2.03 bits per heavy atom. The van der Waals surface area contributed by atoms with Crippen molar-refractivity contribution >= 4 is 45.8 Å². The lowest BCUT2D eigenvalue weighted by molar-refractivity contribution is -0.384. The van der Waals surface area contributed by atoms with Gasteiger partial charge in [0, 0.05) is 28.8 Å². The second-order valence-electron chi connectivity index (χ2n) is 7.24. The van der Waals surface area contributed by atoms with Crippen molar-refractivity contribution in [1.29, 1.82) is 0 Å². The Kier molecular flexibility index (Phi) is 7.18. The Hall–Kier alpha value is -3.77. The molecule has 0 aliphatic heterocycles. The molecule has 0 fully saturated rings. The van der Waals surface area contributed by atoms with Gasteiger partial charge < -0.3 is 11.1 Å². The van der Waals surface area contributed by atoms with Crippen molar-refractivity contribution in [2.45, 2.75) is 30.3 Å². The van der Waals surface area contributed by atoms with E-state index in [-0.39, 0.29) is 17.5 Å². The standard InChI is InChI=1S/C22H21N7O3S2/c1-2-18(28-20(23)26-27-22(28)34-12-14-7-4-3-5-8-14)19(30)25-21-24-17(13-33-21)15-9-6-10-16(11-15)29(31)32/h3-11,13,18H,2,12H2,1H3,(H2,23,26)(H,24,25,30). The van der Waals surface area contributed by atoms with Crippen molar-refractivity contribution in [2.24, 2.45) is 0 Å². The van der Waals surface area contributed by atoms with Gasteiger partial charge in [0.05, 0.1) is 10.6 Å². The zero-order valence-electron chi connectivity index (χ0n) is 18.1. The first-order valence-corrected chi connectivity index (χ1v) is 12.2. The molecule has 0 bridgehead atoms. The molecule has 0 aliphatic rings. The number of nitrogens with one attached hydrogen (secondary N) is 1. The van der Waals surface area contributed by atoms with Gasteiger partial charge in [0.2, 0.25) is 11.9 Å². The molecular weight excluding hydrogens is 474 g/mol. The van der Waals surface area contributed by atoms with Crippen LogP contribution < -0.4 is 11.1 Å². The van der Waals surface area contributed by atoms with Gasteiger partial charge in [-0.3, -0.25) is 19.5 Å². The van der Waals surface area contributed by atoms with Crippen LogP contribution in [0.5, 0.6) is 0 Å². The highest BCUT2D eigenvalue weighted by Crippen LogP contribution is 2.30. The van der Waals surface area contributed by atoms with Crippen LogP contribution in [0.4, 0.5) is 16.8 Å². The van der Waals surface area contributed by atoms with E-state index in [0.29, 0.717) is 33.7 Å². The van der Waals surface area contributed by atoms with Gasteiger partial charge in [0.15, 0.2) is 10.3 Å². The number of nitrogens with two attached hydrogens (primary N) is 1. The zero-order chi connectivity index (χ0) is 24.1. The summed E-state index contributed by atoms with van der Waals surface area (Å²) in [4.78, 5) is 28.1. The first-order chi connectivity index (χ1) is 16.5. The van der Waals surface area contributed by atoms with E-state index < -0.39 is 11.0 Å². The molecule has 10 nitrogen and oxygen atoms in total. The van der Waals surface area contributed by atoms with Gasteiger partial charge in [0.1, 0.15) is 6.04 Å². The van der Waals surface area contributed by atoms with Crippen molar-refractivity contribution in [1.82, 2.24) is 19.7 Å². The second-order valence-corrected chi connectivity index (χ2v) is 9.04. The van der Waals surface area contributed by atoms with Crippen LogP contribution in [0.25, 0.3) is 11.3 Å². The smallest absolute Gasteiger partial charge is 0.270 e. The molecular formula is C22H21N7O3S2. The largest absolute Gasteiger partial charge is 0.368 e. The fourth-order valence-electron chi connectivity index (χ4n) is 3.32. The number of amides is 1. The van der Waals surface area contributed by atoms with Gasteiger partial charge in [-0.25, -0.2) is 4.98 Å². The molecule has 2 aromatic heterocycles. The number of rotatable bonds is 9. The molecule has 4 rings (SSSR count). The van der Waals surface area contributed by atoms with Crippen LogP contribution in [0.2, 0.25) is 0 Å². The summed E-state index contributed by atoms with van der Waals surface area (Å²) < 4.78 is 1.64. The van der Waals surface area contributed by atoms with Crippen LogP contribution in [0.1, 0.15) is 24.9 Å². The maximum Gasteiger partial charge on any atom is 0.270 e. The molecule has 3 N–H and O–H groups in total. The number of thiazole rings is 1. The topological polar surface area (TPSA) is 142 Å². The van der Waals surface area contributed by atoms with Gasteiger partial charge >= 0.3 is 0 Å². The Bertz CT molecular complexity index is 1310. The normalized spacial score (nSPS) is 11.8. The molecule has 0 aliphatic carbocycles. The molecule has 1 amide bonds. The van der Waals surface area contributed by atoms with Gasteiger partial charge in [-0.2, -0.15) is 0 Å². The Balaban J connectivity index is 1.49. The average molecular weight is 496 g/mol. The molecule has 0 saturated carbocycles. The Morgan fingerprint density at radius 3 is 2.76 bits per heavy atom. The molecule has 174 valence electrons. The fourth-order valence-corrected chi connectivity index (χ4v) is 4.99. The molecule has 0 radical (unpaired) electrons. The minimum Gasteiger partial charge on any atom is -0.368 e. The molecule has 4 aromatic rings. The van der Waals surface area contributed by atoms with E-state index >= 15 is 0 Å². The van der Waals surface area contributed by atoms with E-state index in [1.54, 1.807) is 22.1 Å². The lowest BCUT2D eigenvalue weighted by atomic mass is 10.1. The molecule has 0 spiro atoms. The third-order valence-corrected chi connectivity index (χ3v) is 6.76. The maximum absolute atomic E-state index is 13.1. The SMILES string of the molecule is CCC(C(=O)Nc1nc(-c2cccc([N+](=O)[O-])c2)cs1)n1c(N)nnc1SCc1ccccc1. The van der Waals surface area contributed by atoms with Crippen LogP contribution in [-0.2, 0) is 10.5 Å². The summed E-state index contributed by atoms with van der Waals surface area (Å²) in [6, 6.07) is 15.5. The Morgan fingerprint density at radius 1 is 1.24 bits per heavy atom. The molecule has 2 heterocycles. The average Bonchev–Trinajstić information content (AvgIpc) is 3.46. The molecule has 0 saturated heterocycles. The van der Waals surface area contributed by atoms with E-state index in [4.69, 9.17) is 5.73 Å². The quantitative estimate of drug-likeness (QED) is 0.192. The number of aromatic nitrogens is 4. The highest BCUT2D eigenvalue weighted by molar-refractivity contribution is 7.98. The lowest BCUT2D eigenvalue weighted by Crippen LogP contribution is -2.27. The van der Waals surface area contributed by atoms with E-state index in [2.05, 4.69) is 20.5 Å². The molecule has 34 heavy (non-hydrogen) atoms. The molecule has 1 atom stereocenters. The number of anilines is 2. The summed E-state index contributed by atoms with van der Waals surface area (Å²) in [5, 5.41) is 24.7. The number of non-ortho nitro benzene ring substituents is 1. The fraction of sp³-hybridized carbons (Fsp3) is 0.182. The van der Waals surface area contributed by atoms with Crippen LogP contribution >= 0.6 is 23.1 Å². The van der Waals surface area contributed by atoms with Gasteiger partial charge in [-0.15, -0.1) is 21.5 Å². The van der Waals surface area contributed by atoms with Crippen molar-refractivity contribution in [3.05, 3.63) is 75.7 Å². The number of carbonyl (C=O) groups excluding carboxylic acids is 1. The summed E-state index contributed by atoms with van der Waals surface area (Å²) in [7, 11) is 0. The van der Waals surface area contributed by atoms with Crippen LogP contribution in [-0.4, -0.2) is 30.6 Å².